The summed E-state index contributed by atoms with van der Waals surface area (Å²) in [5.74, 6) is -0.649. The molecule has 0 amide bonds. The van der Waals surface area contributed by atoms with Gasteiger partial charge in [-0.25, -0.2) is 9.48 Å². The number of fused-ring (bicyclic) bond motifs is 1. The second-order valence-electron chi connectivity index (χ2n) is 8.17. The van der Waals surface area contributed by atoms with Crippen LogP contribution in [0, 0.1) is 0 Å². The van der Waals surface area contributed by atoms with Crippen LogP contribution in [0.5, 0.6) is 0 Å². The fourth-order valence-electron chi connectivity index (χ4n) is 4.10. The first-order valence-electron chi connectivity index (χ1n) is 10.9. The van der Waals surface area contributed by atoms with Gasteiger partial charge in [0.15, 0.2) is 5.82 Å². The van der Waals surface area contributed by atoms with Crippen LogP contribution in [-0.2, 0) is 13.1 Å². The number of carboxylic acids is 1. The molecule has 3 N–H and O–H groups in total. The minimum atomic E-state index is -1.10. The summed E-state index contributed by atoms with van der Waals surface area (Å²) in [6.45, 7) is 0.782. The van der Waals surface area contributed by atoms with Gasteiger partial charge in [-0.3, -0.25) is 5.32 Å². The Morgan fingerprint density at radius 3 is 2.25 bits per heavy atom. The highest BCUT2D eigenvalue weighted by Gasteiger charge is 2.30. The molecule has 182 valence electrons. The van der Waals surface area contributed by atoms with Gasteiger partial charge < -0.3 is 10.1 Å². The van der Waals surface area contributed by atoms with Crippen molar-refractivity contribution in [3.8, 4) is 0 Å². The lowest BCUT2D eigenvalue weighted by molar-refractivity contribution is 0.0689. The topological polar surface area (TPSA) is 109 Å². The Morgan fingerprint density at radius 1 is 0.944 bits per heavy atom. The third-order valence-electron chi connectivity index (χ3n) is 5.79. The van der Waals surface area contributed by atoms with Gasteiger partial charge in [-0.15, -0.1) is 5.10 Å². The molecule has 0 aliphatic rings. The zero-order valence-electron chi connectivity index (χ0n) is 18.6. The lowest BCUT2D eigenvalue weighted by Gasteiger charge is -2.19. The van der Waals surface area contributed by atoms with Crippen LogP contribution in [0.1, 0.15) is 39.0 Å². The number of aromatic nitrogens is 5. The van der Waals surface area contributed by atoms with Gasteiger partial charge in [0.2, 0.25) is 0 Å². The SMILES string of the molecule is O=C(O)c1[nH]c2cc(Cl)ccc2c1C(NCc1ccc(Cl)cc1)c1nnnn1Cc1ccc(Cl)cc1. The molecule has 0 fully saturated rings. The van der Waals surface area contributed by atoms with Gasteiger partial charge in [0, 0.05) is 38.1 Å². The Labute approximate surface area is 220 Å². The van der Waals surface area contributed by atoms with E-state index in [9.17, 15) is 9.90 Å². The first-order valence-corrected chi connectivity index (χ1v) is 12.0. The minimum Gasteiger partial charge on any atom is -0.477 e. The van der Waals surface area contributed by atoms with E-state index in [1.807, 2.05) is 24.3 Å². The number of halogens is 3. The van der Waals surface area contributed by atoms with E-state index in [1.54, 1.807) is 47.1 Å². The van der Waals surface area contributed by atoms with Crippen LogP contribution >= 0.6 is 34.8 Å². The number of carboxylic acid groups (broad SMARTS) is 1. The van der Waals surface area contributed by atoms with Crippen molar-refractivity contribution in [2.75, 3.05) is 0 Å². The molecule has 3 aromatic carbocycles. The number of carbonyl (C=O) groups is 1. The van der Waals surface area contributed by atoms with Gasteiger partial charge in [0.05, 0.1) is 12.6 Å². The smallest absolute Gasteiger partial charge is 0.352 e. The van der Waals surface area contributed by atoms with Gasteiger partial charge in [-0.1, -0.05) is 65.1 Å². The van der Waals surface area contributed by atoms with E-state index >= 15 is 0 Å². The van der Waals surface area contributed by atoms with Crippen molar-refractivity contribution in [1.82, 2.24) is 30.5 Å². The molecular formula is C25H19Cl3N6O2. The van der Waals surface area contributed by atoms with E-state index in [0.717, 1.165) is 11.1 Å². The van der Waals surface area contributed by atoms with Crippen molar-refractivity contribution in [2.45, 2.75) is 19.1 Å². The normalized spacial score (nSPS) is 12.2. The Kier molecular flexibility index (Phi) is 6.93. The number of nitrogens with zero attached hydrogens (tertiary/aromatic N) is 4. The Hall–Kier alpha value is -3.43. The number of H-pyrrole nitrogens is 1. The van der Waals surface area contributed by atoms with E-state index in [2.05, 4.69) is 25.8 Å². The molecule has 2 aromatic heterocycles. The van der Waals surface area contributed by atoms with Crippen molar-refractivity contribution in [3.63, 3.8) is 0 Å². The van der Waals surface area contributed by atoms with E-state index in [1.165, 1.54) is 0 Å². The maximum Gasteiger partial charge on any atom is 0.352 e. The van der Waals surface area contributed by atoms with Crippen molar-refractivity contribution in [2.24, 2.45) is 0 Å². The van der Waals surface area contributed by atoms with Crippen LogP contribution in [0.4, 0.5) is 0 Å². The Balaban J connectivity index is 1.61. The largest absolute Gasteiger partial charge is 0.477 e. The fourth-order valence-corrected chi connectivity index (χ4v) is 4.52. The maximum absolute atomic E-state index is 12.3. The summed E-state index contributed by atoms with van der Waals surface area (Å²) in [5.41, 5.74) is 3.04. The van der Waals surface area contributed by atoms with Crippen LogP contribution in [0.2, 0.25) is 15.1 Å². The highest BCUT2D eigenvalue weighted by Crippen LogP contribution is 2.33. The van der Waals surface area contributed by atoms with Crippen LogP contribution in [0.25, 0.3) is 10.9 Å². The number of rotatable bonds is 8. The summed E-state index contributed by atoms with van der Waals surface area (Å²) in [4.78, 5) is 15.3. The quantitative estimate of drug-likeness (QED) is 0.231. The van der Waals surface area contributed by atoms with Crippen molar-refractivity contribution >= 4 is 51.7 Å². The summed E-state index contributed by atoms with van der Waals surface area (Å²) in [6.07, 6.45) is 0. The Bertz CT molecular complexity index is 1530. The third-order valence-corrected chi connectivity index (χ3v) is 6.53. The van der Waals surface area contributed by atoms with E-state index in [0.29, 0.717) is 50.4 Å². The summed E-state index contributed by atoms with van der Waals surface area (Å²) >= 11 is 18.3. The second kappa shape index (κ2) is 10.3. The highest BCUT2D eigenvalue weighted by atomic mass is 35.5. The van der Waals surface area contributed by atoms with Crippen LogP contribution in [0.15, 0.2) is 66.7 Å². The number of nitrogens with one attached hydrogen (secondary N) is 2. The van der Waals surface area contributed by atoms with Crippen LogP contribution < -0.4 is 5.32 Å². The summed E-state index contributed by atoms with van der Waals surface area (Å²) < 4.78 is 1.64. The molecule has 5 rings (SSSR count). The molecule has 11 heteroatoms. The van der Waals surface area contributed by atoms with Gasteiger partial charge in [0.25, 0.3) is 0 Å². The molecule has 36 heavy (non-hydrogen) atoms. The van der Waals surface area contributed by atoms with E-state index < -0.39 is 12.0 Å². The van der Waals surface area contributed by atoms with Crippen molar-refractivity contribution in [1.29, 1.82) is 0 Å². The molecule has 0 bridgehead atoms. The zero-order chi connectivity index (χ0) is 25.2. The number of aromatic amines is 1. The molecule has 0 saturated carbocycles. The Morgan fingerprint density at radius 2 is 1.58 bits per heavy atom. The molecule has 8 nitrogen and oxygen atoms in total. The number of aromatic carboxylic acids is 1. The molecule has 0 aliphatic heterocycles. The van der Waals surface area contributed by atoms with Crippen LogP contribution in [0.3, 0.4) is 0 Å². The maximum atomic E-state index is 12.3. The van der Waals surface area contributed by atoms with Gasteiger partial charge >= 0.3 is 5.97 Å². The lowest BCUT2D eigenvalue weighted by Crippen LogP contribution is -2.27. The van der Waals surface area contributed by atoms with Crippen molar-refractivity contribution < 1.29 is 9.90 Å². The molecule has 0 aliphatic carbocycles. The molecule has 0 spiro atoms. The standard InChI is InChI=1S/C25H19Cl3N6O2/c26-16-5-1-14(2-6-16)12-29-22(21-19-10-9-18(28)11-20(19)30-23(21)25(35)36)24-31-32-33-34(24)13-15-3-7-17(27)8-4-15/h1-11,22,29-30H,12-13H2,(H,35,36). The summed E-state index contributed by atoms with van der Waals surface area (Å²) in [7, 11) is 0. The average Bonchev–Trinajstić information content (AvgIpc) is 3.47. The zero-order valence-corrected chi connectivity index (χ0v) is 20.9. The molecule has 2 heterocycles. The molecule has 0 saturated heterocycles. The number of benzene rings is 3. The van der Waals surface area contributed by atoms with Crippen LogP contribution in [-0.4, -0.2) is 36.3 Å². The summed E-state index contributed by atoms with van der Waals surface area (Å²) in [5, 5.41) is 28.3. The molecule has 0 radical (unpaired) electrons. The number of hydrogen-bond donors (Lipinski definition) is 3. The fraction of sp³-hybridized carbons (Fsp3) is 0.120. The highest BCUT2D eigenvalue weighted by molar-refractivity contribution is 6.31. The molecule has 1 atom stereocenters. The molecule has 5 aromatic rings. The average molecular weight is 542 g/mol. The second-order valence-corrected chi connectivity index (χ2v) is 9.48. The number of tetrazole rings is 1. The van der Waals surface area contributed by atoms with Gasteiger partial charge in [0.1, 0.15) is 5.69 Å². The van der Waals surface area contributed by atoms with Gasteiger partial charge in [-0.2, -0.15) is 0 Å². The van der Waals surface area contributed by atoms with E-state index in [4.69, 9.17) is 34.8 Å². The number of hydrogen-bond acceptors (Lipinski definition) is 5. The first-order chi connectivity index (χ1) is 17.4. The van der Waals surface area contributed by atoms with Crippen molar-refractivity contribution in [3.05, 3.63) is 110 Å². The van der Waals surface area contributed by atoms with E-state index in [-0.39, 0.29) is 5.69 Å². The predicted molar refractivity (Wildman–Crippen MR) is 139 cm³/mol. The molecule has 1 unspecified atom stereocenters. The minimum absolute atomic E-state index is 0.0296. The molecular weight excluding hydrogens is 523 g/mol. The first kappa shape index (κ1) is 24.3. The third kappa shape index (κ3) is 5.08. The summed E-state index contributed by atoms with van der Waals surface area (Å²) in [6, 6.07) is 19.3. The monoisotopic (exact) mass is 540 g/mol. The van der Waals surface area contributed by atoms with Gasteiger partial charge in [-0.05, 0) is 58.0 Å². The lowest BCUT2D eigenvalue weighted by atomic mass is 10.0. The predicted octanol–water partition coefficient (Wildman–Crippen LogP) is 5.74.